The Hall–Kier alpha value is -3.35. The number of carbonyl (C=O) groups is 3. The smallest absolute Gasteiger partial charge is 0.407 e. The van der Waals surface area contributed by atoms with Gasteiger partial charge in [-0.15, -0.1) is 0 Å². The molecule has 0 radical (unpaired) electrons. The Morgan fingerprint density at radius 3 is 2.26 bits per heavy atom. The van der Waals surface area contributed by atoms with Crippen LogP contribution in [0, 0.1) is 11.3 Å². The van der Waals surface area contributed by atoms with E-state index in [0.29, 0.717) is 25.8 Å². The largest absolute Gasteiger partial charge is 0.481 e. The number of nitrogens with zero attached hydrogens (tertiary/aromatic N) is 1. The van der Waals surface area contributed by atoms with Crippen molar-refractivity contribution in [2.45, 2.75) is 45.4 Å². The number of hydrogen-bond acceptors (Lipinski definition) is 4. The maximum Gasteiger partial charge on any atom is 0.407 e. The second-order valence-electron chi connectivity index (χ2n) is 9.64. The van der Waals surface area contributed by atoms with Crippen molar-refractivity contribution in [2.75, 3.05) is 26.2 Å². The van der Waals surface area contributed by atoms with Crippen molar-refractivity contribution in [2.24, 2.45) is 11.3 Å². The topological polar surface area (TPSA) is 95.9 Å². The van der Waals surface area contributed by atoms with Gasteiger partial charge in [-0.1, -0.05) is 68.8 Å². The van der Waals surface area contributed by atoms with E-state index >= 15 is 0 Å². The highest BCUT2D eigenvalue weighted by Gasteiger charge is 2.45. The standard InChI is InChI=1S/C28H34N2O5/c1-3-9-19(25(31)30-15-14-28(4-2,18-30)26(32)33)16-29-27(34)35-17-24-22-12-7-5-10-20(22)21-11-6-8-13-23(21)24/h5-8,10-13,19,24H,3-4,9,14-18H2,1-2H3,(H,29,34)(H,32,33). The van der Waals surface area contributed by atoms with Gasteiger partial charge in [0.25, 0.3) is 0 Å². The Labute approximate surface area is 206 Å². The fourth-order valence-corrected chi connectivity index (χ4v) is 5.45. The van der Waals surface area contributed by atoms with Crippen LogP contribution in [0.1, 0.15) is 56.6 Å². The van der Waals surface area contributed by atoms with Gasteiger partial charge in [-0.2, -0.15) is 0 Å². The minimum atomic E-state index is -0.868. The van der Waals surface area contributed by atoms with Crippen molar-refractivity contribution >= 4 is 18.0 Å². The molecule has 1 heterocycles. The molecule has 0 saturated carbocycles. The lowest BCUT2D eigenvalue weighted by molar-refractivity contribution is -0.149. The van der Waals surface area contributed by atoms with Crippen LogP contribution in [0.2, 0.25) is 0 Å². The molecular weight excluding hydrogens is 444 g/mol. The molecule has 0 spiro atoms. The zero-order valence-electron chi connectivity index (χ0n) is 20.5. The molecule has 1 aliphatic heterocycles. The van der Waals surface area contributed by atoms with Gasteiger partial charge in [0, 0.05) is 25.6 Å². The number of likely N-dealkylation sites (tertiary alicyclic amines) is 1. The van der Waals surface area contributed by atoms with Crippen molar-refractivity contribution in [1.82, 2.24) is 10.2 Å². The SMILES string of the molecule is CCCC(CNC(=O)OCC1c2ccccc2-c2ccccc21)C(=O)N1CCC(CC)(C(=O)O)C1. The zero-order valence-corrected chi connectivity index (χ0v) is 20.5. The summed E-state index contributed by atoms with van der Waals surface area (Å²) in [6.07, 6.45) is 1.81. The number of amides is 2. The third-order valence-corrected chi connectivity index (χ3v) is 7.62. The summed E-state index contributed by atoms with van der Waals surface area (Å²) in [4.78, 5) is 39.1. The second-order valence-corrected chi connectivity index (χ2v) is 9.64. The lowest BCUT2D eigenvalue weighted by Gasteiger charge is -2.26. The van der Waals surface area contributed by atoms with E-state index in [1.807, 2.05) is 38.1 Å². The van der Waals surface area contributed by atoms with Crippen molar-refractivity contribution in [3.8, 4) is 11.1 Å². The van der Waals surface area contributed by atoms with Crippen molar-refractivity contribution in [3.63, 3.8) is 0 Å². The number of rotatable bonds is 9. The van der Waals surface area contributed by atoms with Crippen LogP contribution in [0.4, 0.5) is 4.79 Å². The molecule has 2 unspecified atom stereocenters. The van der Waals surface area contributed by atoms with Crippen LogP contribution in [0.5, 0.6) is 0 Å². The molecule has 2 aromatic rings. The Bertz CT molecular complexity index is 1050. The van der Waals surface area contributed by atoms with Gasteiger partial charge >= 0.3 is 12.1 Å². The molecule has 2 N–H and O–H groups in total. The Kier molecular flexibility index (Phi) is 7.43. The fourth-order valence-electron chi connectivity index (χ4n) is 5.45. The van der Waals surface area contributed by atoms with Gasteiger partial charge < -0.3 is 20.1 Å². The van der Waals surface area contributed by atoms with Crippen molar-refractivity contribution < 1.29 is 24.2 Å². The quantitative estimate of drug-likeness (QED) is 0.547. The summed E-state index contributed by atoms with van der Waals surface area (Å²) in [5, 5.41) is 12.4. The summed E-state index contributed by atoms with van der Waals surface area (Å²) in [5.74, 6) is -1.37. The Balaban J connectivity index is 1.34. The first-order chi connectivity index (χ1) is 16.9. The number of aliphatic carboxylic acids is 1. The number of carboxylic acid groups (broad SMARTS) is 1. The highest BCUT2D eigenvalue weighted by Crippen LogP contribution is 2.44. The molecule has 0 aromatic heterocycles. The van der Waals surface area contributed by atoms with Crippen LogP contribution in [0.25, 0.3) is 11.1 Å². The average Bonchev–Trinajstić information content (AvgIpc) is 3.46. The van der Waals surface area contributed by atoms with Crippen LogP contribution < -0.4 is 5.32 Å². The third-order valence-electron chi connectivity index (χ3n) is 7.62. The van der Waals surface area contributed by atoms with Crippen LogP contribution in [-0.2, 0) is 14.3 Å². The number of nitrogens with one attached hydrogen (secondary N) is 1. The Morgan fingerprint density at radius 1 is 1.09 bits per heavy atom. The molecule has 35 heavy (non-hydrogen) atoms. The molecule has 1 fully saturated rings. The van der Waals surface area contributed by atoms with Gasteiger partial charge in [-0.25, -0.2) is 4.79 Å². The van der Waals surface area contributed by atoms with E-state index in [1.54, 1.807) is 4.90 Å². The molecule has 2 atom stereocenters. The Morgan fingerprint density at radius 2 is 1.71 bits per heavy atom. The molecule has 2 aliphatic rings. The number of benzene rings is 2. The van der Waals surface area contributed by atoms with Gasteiger partial charge in [0.1, 0.15) is 6.61 Å². The van der Waals surface area contributed by atoms with Crippen molar-refractivity contribution in [1.29, 1.82) is 0 Å². The first-order valence-corrected chi connectivity index (χ1v) is 12.5. The molecule has 1 aliphatic carbocycles. The molecule has 7 heteroatoms. The molecular formula is C28H34N2O5. The lowest BCUT2D eigenvalue weighted by atomic mass is 9.84. The second kappa shape index (κ2) is 10.5. The monoisotopic (exact) mass is 478 g/mol. The molecule has 2 aromatic carbocycles. The number of alkyl carbamates (subject to hydrolysis) is 1. The predicted molar refractivity (Wildman–Crippen MR) is 133 cm³/mol. The van der Waals surface area contributed by atoms with Crippen molar-refractivity contribution in [3.05, 3.63) is 59.7 Å². The maximum absolute atomic E-state index is 13.2. The van der Waals surface area contributed by atoms with E-state index in [4.69, 9.17) is 4.74 Å². The minimum absolute atomic E-state index is 0.0241. The van der Waals surface area contributed by atoms with Crippen LogP contribution >= 0.6 is 0 Å². The van der Waals surface area contributed by atoms with E-state index < -0.39 is 23.4 Å². The summed E-state index contributed by atoms with van der Waals surface area (Å²) in [6.45, 7) is 4.89. The number of ether oxygens (including phenoxy) is 1. The number of hydrogen-bond donors (Lipinski definition) is 2. The molecule has 0 bridgehead atoms. The predicted octanol–water partition coefficient (Wildman–Crippen LogP) is 4.65. The summed E-state index contributed by atoms with van der Waals surface area (Å²) in [6, 6.07) is 16.3. The highest BCUT2D eigenvalue weighted by molar-refractivity contribution is 5.83. The van der Waals surface area contributed by atoms with E-state index in [-0.39, 0.29) is 31.5 Å². The summed E-state index contributed by atoms with van der Waals surface area (Å²) in [7, 11) is 0. The molecule has 7 nitrogen and oxygen atoms in total. The van der Waals surface area contributed by atoms with Gasteiger partial charge in [0.2, 0.25) is 5.91 Å². The number of carboxylic acids is 1. The number of carbonyl (C=O) groups excluding carboxylic acids is 2. The van der Waals surface area contributed by atoms with Crippen LogP contribution in [0.15, 0.2) is 48.5 Å². The average molecular weight is 479 g/mol. The number of fused-ring (bicyclic) bond motifs is 3. The third kappa shape index (κ3) is 4.90. The first-order valence-electron chi connectivity index (χ1n) is 12.5. The van der Waals surface area contributed by atoms with E-state index in [1.165, 1.54) is 11.1 Å². The summed E-state index contributed by atoms with van der Waals surface area (Å²) < 4.78 is 5.60. The molecule has 1 saturated heterocycles. The first kappa shape index (κ1) is 24.8. The van der Waals surface area contributed by atoms with E-state index in [2.05, 4.69) is 29.6 Å². The van der Waals surface area contributed by atoms with Gasteiger partial charge in [-0.3, -0.25) is 9.59 Å². The zero-order chi connectivity index (χ0) is 25.0. The van der Waals surface area contributed by atoms with E-state index in [0.717, 1.165) is 17.5 Å². The lowest BCUT2D eigenvalue weighted by Crippen LogP contribution is -2.42. The highest BCUT2D eigenvalue weighted by atomic mass is 16.5. The van der Waals surface area contributed by atoms with Gasteiger partial charge in [0.05, 0.1) is 11.3 Å². The maximum atomic E-state index is 13.2. The molecule has 186 valence electrons. The van der Waals surface area contributed by atoms with E-state index in [9.17, 15) is 19.5 Å². The van der Waals surface area contributed by atoms with Crippen LogP contribution in [-0.4, -0.2) is 54.2 Å². The van der Waals surface area contributed by atoms with Gasteiger partial charge in [-0.05, 0) is 41.5 Å². The molecule has 2 amide bonds. The summed E-state index contributed by atoms with van der Waals surface area (Å²) in [5.41, 5.74) is 3.76. The van der Waals surface area contributed by atoms with Crippen LogP contribution in [0.3, 0.4) is 0 Å². The fraction of sp³-hybridized carbons (Fsp3) is 0.464. The van der Waals surface area contributed by atoms with Gasteiger partial charge in [0.15, 0.2) is 0 Å². The summed E-state index contributed by atoms with van der Waals surface area (Å²) >= 11 is 0. The minimum Gasteiger partial charge on any atom is -0.481 e. The normalized spacial score (nSPS) is 19.7. The molecule has 4 rings (SSSR count).